The molecule has 17 heavy (non-hydrogen) atoms. The normalized spacial score (nSPS) is 12.6. The van der Waals surface area contributed by atoms with E-state index in [1.807, 2.05) is 33.0 Å². The summed E-state index contributed by atoms with van der Waals surface area (Å²) in [5.74, 6) is 6.16. The van der Waals surface area contributed by atoms with Gasteiger partial charge in [0.2, 0.25) is 0 Å². The molecule has 0 aromatic carbocycles. The molecule has 3 nitrogen and oxygen atoms in total. The number of nitrogens with one attached hydrogen (secondary N) is 1. The Morgan fingerprint density at radius 1 is 1.24 bits per heavy atom. The molecule has 0 saturated carbocycles. The molecule has 0 aliphatic rings. The quantitative estimate of drug-likeness (QED) is 0.422. The van der Waals surface area contributed by atoms with E-state index in [0.717, 1.165) is 22.7 Å². The topological polar surface area (TPSA) is 41.3 Å². The fourth-order valence-electron chi connectivity index (χ4n) is 1.46. The zero-order chi connectivity index (χ0) is 13.6. The fourth-order valence-corrected chi connectivity index (χ4v) is 1.46. The standard InChI is InChI=1S/C14H25N3/c1-10(2)8-13(16-12(5)6)9-14(11(3)4)17(7)15/h8-9,11,16H,1,5,15H2,2-4,6-7H3/b13-8-,14-9-. The number of rotatable bonds is 6. The average Bonchev–Trinajstić information content (AvgIpc) is 2.10. The first-order valence-corrected chi connectivity index (χ1v) is 5.73. The van der Waals surface area contributed by atoms with Crippen LogP contribution in [0.2, 0.25) is 0 Å². The van der Waals surface area contributed by atoms with Gasteiger partial charge in [0.15, 0.2) is 0 Å². The van der Waals surface area contributed by atoms with E-state index in [0.29, 0.717) is 5.92 Å². The van der Waals surface area contributed by atoms with Crippen LogP contribution < -0.4 is 11.2 Å². The zero-order valence-electron chi connectivity index (χ0n) is 11.7. The maximum atomic E-state index is 5.81. The Morgan fingerprint density at radius 2 is 1.76 bits per heavy atom. The van der Waals surface area contributed by atoms with Gasteiger partial charge in [0.25, 0.3) is 0 Å². The van der Waals surface area contributed by atoms with Gasteiger partial charge >= 0.3 is 0 Å². The SMILES string of the molecule is C=C(C)/C=C(/C=C(/C(C)C)N(C)N)NC(=C)C. The maximum Gasteiger partial charge on any atom is 0.0402 e. The molecule has 0 aromatic heterocycles. The molecular formula is C14H25N3. The van der Waals surface area contributed by atoms with Gasteiger partial charge in [0.05, 0.1) is 0 Å². The lowest BCUT2D eigenvalue weighted by molar-refractivity contribution is 0.390. The molecule has 0 unspecified atom stereocenters. The van der Waals surface area contributed by atoms with Crippen LogP contribution in [-0.2, 0) is 0 Å². The minimum Gasteiger partial charge on any atom is -0.360 e. The first-order valence-electron chi connectivity index (χ1n) is 5.73. The Hall–Kier alpha value is -1.48. The van der Waals surface area contributed by atoms with E-state index in [9.17, 15) is 0 Å². The van der Waals surface area contributed by atoms with Gasteiger partial charge in [0, 0.05) is 24.1 Å². The molecule has 3 N–H and O–H groups in total. The van der Waals surface area contributed by atoms with Gasteiger partial charge in [-0.3, -0.25) is 0 Å². The summed E-state index contributed by atoms with van der Waals surface area (Å²) < 4.78 is 0. The van der Waals surface area contributed by atoms with Crippen molar-refractivity contribution in [3.8, 4) is 0 Å². The molecule has 0 amide bonds. The summed E-state index contributed by atoms with van der Waals surface area (Å²) >= 11 is 0. The number of hydrogen-bond donors (Lipinski definition) is 2. The number of nitrogens with two attached hydrogens (primary N) is 1. The van der Waals surface area contributed by atoms with Crippen LogP contribution in [0, 0.1) is 5.92 Å². The zero-order valence-corrected chi connectivity index (χ0v) is 11.7. The van der Waals surface area contributed by atoms with Gasteiger partial charge in [-0.25, -0.2) is 5.84 Å². The summed E-state index contributed by atoms with van der Waals surface area (Å²) in [6, 6.07) is 0. The van der Waals surface area contributed by atoms with Crippen LogP contribution in [0.1, 0.15) is 27.7 Å². The third kappa shape index (κ3) is 6.64. The summed E-state index contributed by atoms with van der Waals surface area (Å²) in [4.78, 5) is 0. The molecule has 0 rings (SSSR count). The molecule has 0 heterocycles. The Labute approximate surface area is 105 Å². The fraction of sp³-hybridized carbons (Fsp3) is 0.429. The second kappa shape index (κ2) is 6.97. The molecule has 3 heteroatoms. The van der Waals surface area contributed by atoms with Gasteiger partial charge in [-0.15, -0.1) is 0 Å². The van der Waals surface area contributed by atoms with Crippen molar-refractivity contribution >= 4 is 0 Å². The second-order valence-electron chi connectivity index (χ2n) is 4.69. The van der Waals surface area contributed by atoms with E-state index in [1.54, 1.807) is 5.01 Å². The van der Waals surface area contributed by atoms with Crippen molar-refractivity contribution in [3.63, 3.8) is 0 Å². The average molecular weight is 235 g/mol. The third-order valence-electron chi connectivity index (χ3n) is 2.06. The van der Waals surface area contributed by atoms with Crippen LogP contribution in [0.4, 0.5) is 0 Å². The third-order valence-corrected chi connectivity index (χ3v) is 2.06. The molecule has 96 valence electrons. The van der Waals surface area contributed by atoms with Crippen molar-refractivity contribution in [1.82, 2.24) is 10.3 Å². The summed E-state index contributed by atoms with van der Waals surface area (Å²) in [6.07, 6.45) is 3.99. The largest absolute Gasteiger partial charge is 0.360 e. The van der Waals surface area contributed by atoms with Crippen molar-refractivity contribution < 1.29 is 0 Å². The number of hydrazine groups is 1. The lowest BCUT2D eigenvalue weighted by Gasteiger charge is -2.21. The van der Waals surface area contributed by atoms with Crippen LogP contribution in [0.15, 0.2) is 48.0 Å². The highest BCUT2D eigenvalue weighted by molar-refractivity contribution is 5.31. The van der Waals surface area contributed by atoms with Crippen molar-refractivity contribution in [1.29, 1.82) is 0 Å². The van der Waals surface area contributed by atoms with Crippen molar-refractivity contribution in [3.05, 3.63) is 48.0 Å². The van der Waals surface area contributed by atoms with Crippen LogP contribution in [0.25, 0.3) is 0 Å². The predicted molar refractivity (Wildman–Crippen MR) is 75.7 cm³/mol. The van der Waals surface area contributed by atoms with E-state index in [4.69, 9.17) is 5.84 Å². The lowest BCUT2D eigenvalue weighted by atomic mass is 10.1. The van der Waals surface area contributed by atoms with Crippen molar-refractivity contribution in [2.75, 3.05) is 7.05 Å². The highest BCUT2D eigenvalue weighted by atomic mass is 15.4. The first kappa shape index (κ1) is 15.5. The summed E-state index contributed by atoms with van der Waals surface area (Å²) in [7, 11) is 1.84. The van der Waals surface area contributed by atoms with E-state index in [2.05, 4.69) is 32.3 Å². The maximum absolute atomic E-state index is 5.81. The lowest BCUT2D eigenvalue weighted by Crippen LogP contribution is -2.28. The number of allylic oxidation sites excluding steroid dienone is 5. The highest BCUT2D eigenvalue weighted by Gasteiger charge is 2.07. The Kier molecular flexibility index (Phi) is 6.36. The minimum absolute atomic E-state index is 0.352. The van der Waals surface area contributed by atoms with Crippen molar-refractivity contribution in [2.45, 2.75) is 27.7 Å². The molecule has 0 spiro atoms. The van der Waals surface area contributed by atoms with Crippen LogP contribution in [-0.4, -0.2) is 12.1 Å². The molecule has 0 bridgehead atoms. The van der Waals surface area contributed by atoms with Gasteiger partial charge in [0.1, 0.15) is 0 Å². The van der Waals surface area contributed by atoms with Gasteiger partial charge in [-0.05, 0) is 31.9 Å². The van der Waals surface area contributed by atoms with Gasteiger partial charge < -0.3 is 10.3 Å². The smallest absolute Gasteiger partial charge is 0.0402 e. The number of nitrogens with zero attached hydrogens (tertiary/aromatic N) is 1. The minimum atomic E-state index is 0.352. The van der Waals surface area contributed by atoms with Gasteiger partial charge in [-0.2, -0.15) is 0 Å². The molecule has 0 aliphatic carbocycles. The van der Waals surface area contributed by atoms with E-state index in [1.165, 1.54) is 0 Å². The van der Waals surface area contributed by atoms with Crippen LogP contribution in [0.3, 0.4) is 0 Å². The Balaban J connectivity index is 5.24. The summed E-state index contributed by atoms with van der Waals surface area (Å²) in [5.41, 5.74) is 3.86. The van der Waals surface area contributed by atoms with E-state index < -0.39 is 0 Å². The molecule has 0 fully saturated rings. The molecule has 0 saturated heterocycles. The monoisotopic (exact) mass is 235 g/mol. The Bertz CT molecular complexity index is 336. The summed E-state index contributed by atoms with van der Waals surface area (Å²) in [5, 5.41) is 4.83. The second-order valence-corrected chi connectivity index (χ2v) is 4.69. The van der Waals surface area contributed by atoms with Gasteiger partial charge in [-0.1, -0.05) is 32.6 Å². The van der Waals surface area contributed by atoms with E-state index in [-0.39, 0.29) is 0 Å². The molecule has 0 aliphatic heterocycles. The van der Waals surface area contributed by atoms with E-state index >= 15 is 0 Å². The number of hydrogen-bond acceptors (Lipinski definition) is 3. The van der Waals surface area contributed by atoms with Crippen LogP contribution >= 0.6 is 0 Å². The van der Waals surface area contributed by atoms with Crippen LogP contribution in [0.5, 0.6) is 0 Å². The molecule has 0 aromatic rings. The first-order chi connectivity index (χ1) is 7.73. The molecule has 0 atom stereocenters. The molecular weight excluding hydrogens is 210 g/mol. The highest BCUT2D eigenvalue weighted by Crippen LogP contribution is 2.14. The van der Waals surface area contributed by atoms with Crippen molar-refractivity contribution in [2.24, 2.45) is 11.8 Å². The predicted octanol–water partition coefficient (Wildman–Crippen LogP) is 2.92. The Morgan fingerprint density at radius 3 is 2.06 bits per heavy atom. The summed E-state index contributed by atoms with van der Waals surface area (Å²) in [6.45, 7) is 15.8. The molecule has 0 radical (unpaired) electrons.